The van der Waals surface area contributed by atoms with Gasteiger partial charge in [0.15, 0.2) is 5.96 Å². The van der Waals surface area contributed by atoms with Crippen LogP contribution in [-0.4, -0.2) is 42.6 Å². The summed E-state index contributed by atoms with van der Waals surface area (Å²) < 4.78 is 0. The van der Waals surface area contributed by atoms with Crippen molar-refractivity contribution in [3.63, 3.8) is 0 Å². The first-order valence-corrected chi connectivity index (χ1v) is 6.51. The number of hydrogen-bond donors (Lipinski definition) is 2. The third-order valence-corrected chi connectivity index (χ3v) is 3.53. The lowest BCUT2D eigenvalue weighted by Crippen LogP contribution is -2.48. The molecule has 100 valence electrons. The van der Waals surface area contributed by atoms with Crippen LogP contribution in [0.1, 0.15) is 46.5 Å². The molecule has 0 atom stereocenters. The van der Waals surface area contributed by atoms with Crippen LogP contribution in [-0.2, 0) is 0 Å². The van der Waals surface area contributed by atoms with Gasteiger partial charge in [0.25, 0.3) is 0 Å². The van der Waals surface area contributed by atoms with E-state index in [4.69, 9.17) is 5.73 Å². The van der Waals surface area contributed by atoms with Crippen LogP contribution in [0.25, 0.3) is 0 Å². The lowest BCUT2D eigenvalue weighted by atomic mass is 9.96. The maximum Gasteiger partial charge on any atom is 0.189 e. The molecule has 0 heterocycles. The number of rotatable bonds is 3. The molecular weight excluding hydrogens is 212 g/mol. The largest absolute Gasteiger partial charge is 0.370 e. The molecule has 0 aliphatic heterocycles. The molecule has 0 bridgehead atoms. The van der Waals surface area contributed by atoms with Gasteiger partial charge < -0.3 is 16.0 Å². The summed E-state index contributed by atoms with van der Waals surface area (Å²) in [6, 6.07) is 0. The van der Waals surface area contributed by atoms with Crippen LogP contribution in [0.2, 0.25) is 0 Å². The summed E-state index contributed by atoms with van der Waals surface area (Å²) in [5.41, 5.74) is 6.12. The molecule has 0 radical (unpaired) electrons. The topological polar surface area (TPSA) is 53.6 Å². The van der Waals surface area contributed by atoms with Crippen molar-refractivity contribution < 1.29 is 0 Å². The molecule has 17 heavy (non-hydrogen) atoms. The van der Waals surface area contributed by atoms with Crippen molar-refractivity contribution >= 4 is 5.96 Å². The number of likely N-dealkylation sites (N-methyl/N-ethyl adjacent to an activating group) is 1. The van der Waals surface area contributed by atoms with Gasteiger partial charge in [0.05, 0.1) is 6.54 Å². The Labute approximate surface area is 106 Å². The zero-order chi connectivity index (χ0) is 13.1. The Bertz CT molecular complexity index is 270. The fourth-order valence-corrected chi connectivity index (χ4v) is 2.44. The van der Waals surface area contributed by atoms with E-state index in [0.717, 1.165) is 6.54 Å². The van der Waals surface area contributed by atoms with E-state index in [1.807, 2.05) is 0 Å². The first kappa shape index (κ1) is 14.3. The van der Waals surface area contributed by atoms with Crippen molar-refractivity contribution in [2.75, 3.05) is 20.6 Å². The van der Waals surface area contributed by atoms with E-state index < -0.39 is 0 Å². The fraction of sp³-hybridized carbons (Fsp3) is 0.923. The standard InChI is InChI=1S/C13H28N4/c1-12(2,3)16-11(14)15-10-13(17(4)5)8-6-7-9-13/h6-10H2,1-5H3,(H3,14,15,16). The van der Waals surface area contributed by atoms with Crippen LogP contribution in [0, 0.1) is 0 Å². The molecule has 4 heteroatoms. The van der Waals surface area contributed by atoms with Crippen molar-refractivity contribution in [2.24, 2.45) is 10.7 Å². The first-order chi connectivity index (χ1) is 7.75. The molecule has 4 nitrogen and oxygen atoms in total. The van der Waals surface area contributed by atoms with Crippen molar-refractivity contribution in [3.05, 3.63) is 0 Å². The van der Waals surface area contributed by atoms with Gasteiger partial charge >= 0.3 is 0 Å². The summed E-state index contributed by atoms with van der Waals surface area (Å²) in [6.07, 6.45) is 5.07. The van der Waals surface area contributed by atoms with E-state index in [1.54, 1.807) is 0 Å². The number of guanidine groups is 1. The molecule has 1 aliphatic carbocycles. The Morgan fingerprint density at radius 2 is 1.82 bits per heavy atom. The van der Waals surface area contributed by atoms with Gasteiger partial charge in [-0.15, -0.1) is 0 Å². The highest BCUT2D eigenvalue weighted by atomic mass is 15.2. The molecule has 1 rings (SSSR count). The minimum atomic E-state index is -0.0193. The highest BCUT2D eigenvalue weighted by Gasteiger charge is 2.35. The van der Waals surface area contributed by atoms with Crippen LogP contribution in [0.3, 0.4) is 0 Å². The number of nitrogens with two attached hydrogens (primary N) is 1. The molecule has 0 spiro atoms. The van der Waals surface area contributed by atoms with E-state index in [0.29, 0.717) is 5.96 Å². The van der Waals surface area contributed by atoms with Crippen LogP contribution >= 0.6 is 0 Å². The molecule has 1 fully saturated rings. The first-order valence-electron chi connectivity index (χ1n) is 6.51. The Morgan fingerprint density at radius 1 is 1.29 bits per heavy atom. The summed E-state index contributed by atoms with van der Waals surface area (Å²) in [5, 5.41) is 3.21. The highest BCUT2D eigenvalue weighted by Crippen LogP contribution is 2.33. The van der Waals surface area contributed by atoms with Crippen LogP contribution < -0.4 is 11.1 Å². The maximum absolute atomic E-state index is 5.92. The van der Waals surface area contributed by atoms with E-state index in [-0.39, 0.29) is 11.1 Å². The fourth-order valence-electron chi connectivity index (χ4n) is 2.44. The lowest BCUT2D eigenvalue weighted by Gasteiger charge is -2.35. The van der Waals surface area contributed by atoms with Crippen molar-refractivity contribution in [1.29, 1.82) is 0 Å². The molecule has 0 unspecified atom stereocenters. The van der Waals surface area contributed by atoms with Gasteiger partial charge in [-0.05, 0) is 47.7 Å². The third-order valence-electron chi connectivity index (χ3n) is 3.53. The predicted molar refractivity (Wildman–Crippen MR) is 74.3 cm³/mol. The second-order valence-corrected chi connectivity index (χ2v) is 6.40. The summed E-state index contributed by atoms with van der Waals surface area (Å²) in [7, 11) is 4.29. The second kappa shape index (κ2) is 5.25. The van der Waals surface area contributed by atoms with Gasteiger partial charge in [-0.3, -0.25) is 4.99 Å². The number of aliphatic imine (C=N–C) groups is 1. The zero-order valence-corrected chi connectivity index (χ0v) is 12.0. The molecule has 0 aromatic heterocycles. The minimum absolute atomic E-state index is 0.0193. The summed E-state index contributed by atoms with van der Waals surface area (Å²) >= 11 is 0. The molecular formula is C13H28N4. The molecule has 3 N–H and O–H groups in total. The predicted octanol–water partition coefficient (Wildman–Crippen LogP) is 1.56. The molecule has 0 saturated heterocycles. The van der Waals surface area contributed by atoms with Crippen molar-refractivity contribution in [3.8, 4) is 0 Å². The number of nitrogens with one attached hydrogen (secondary N) is 1. The molecule has 1 aliphatic rings. The maximum atomic E-state index is 5.92. The monoisotopic (exact) mass is 240 g/mol. The van der Waals surface area contributed by atoms with E-state index >= 15 is 0 Å². The van der Waals surface area contributed by atoms with Gasteiger partial charge in [-0.25, -0.2) is 0 Å². The van der Waals surface area contributed by atoms with E-state index in [9.17, 15) is 0 Å². The third kappa shape index (κ3) is 4.19. The average Bonchev–Trinajstić information content (AvgIpc) is 2.61. The van der Waals surface area contributed by atoms with E-state index in [2.05, 4.69) is 50.1 Å². The molecule has 1 saturated carbocycles. The van der Waals surface area contributed by atoms with Gasteiger partial charge in [-0.1, -0.05) is 12.8 Å². The van der Waals surface area contributed by atoms with Gasteiger partial charge in [0.2, 0.25) is 0 Å². The molecule has 0 amide bonds. The number of nitrogens with zero attached hydrogens (tertiary/aromatic N) is 2. The van der Waals surface area contributed by atoms with Gasteiger partial charge in [0, 0.05) is 11.1 Å². The quantitative estimate of drug-likeness (QED) is 0.581. The summed E-state index contributed by atoms with van der Waals surface area (Å²) in [4.78, 5) is 6.84. The van der Waals surface area contributed by atoms with Gasteiger partial charge in [0.1, 0.15) is 0 Å². The highest BCUT2D eigenvalue weighted by molar-refractivity contribution is 5.78. The Kier molecular flexibility index (Phi) is 4.42. The van der Waals surface area contributed by atoms with Crippen LogP contribution in [0.5, 0.6) is 0 Å². The minimum Gasteiger partial charge on any atom is -0.370 e. The average molecular weight is 240 g/mol. The van der Waals surface area contributed by atoms with Gasteiger partial charge in [-0.2, -0.15) is 0 Å². The second-order valence-electron chi connectivity index (χ2n) is 6.40. The summed E-state index contributed by atoms with van der Waals surface area (Å²) in [5.74, 6) is 0.561. The van der Waals surface area contributed by atoms with Crippen LogP contribution in [0.15, 0.2) is 4.99 Å². The van der Waals surface area contributed by atoms with Crippen LogP contribution in [0.4, 0.5) is 0 Å². The summed E-state index contributed by atoms with van der Waals surface area (Å²) in [6.45, 7) is 7.07. The normalized spacial score (nSPS) is 20.9. The van der Waals surface area contributed by atoms with Crippen molar-refractivity contribution in [1.82, 2.24) is 10.2 Å². The number of hydrogen-bond acceptors (Lipinski definition) is 2. The van der Waals surface area contributed by atoms with E-state index in [1.165, 1.54) is 25.7 Å². The Hall–Kier alpha value is -0.770. The lowest BCUT2D eigenvalue weighted by molar-refractivity contribution is 0.167. The molecule has 0 aromatic carbocycles. The smallest absolute Gasteiger partial charge is 0.189 e. The Morgan fingerprint density at radius 3 is 2.24 bits per heavy atom. The molecule has 0 aromatic rings. The Balaban J connectivity index is 2.60. The van der Waals surface area contributed by atoms with Crippen molar-refractivity contribution in [2.45, 2.75) is 57.5 Å². The zero-order valence-electron chi connectivity index (χ0n) is 12.0. The SMILES string of the molecule is CN(C)C1(CN=C(N)NC(C)(C)C)CCCC1.